The molecule has 3 amide bonds. The molecule has 0 aromatic heterocycles. The van der Waals surface area contributed by atoms with Crippen LogP contribution in [0.1, 0.15) is 44.2 Å². The number of carbonyl (C=O) groups excluding carboxylic acids is 2. The van der Waals surface area contributed by atoms with E-state index in [0.29, 0.717) is 13.1 Å². The number of para-hydroxylation sites is 1. The van der Waals surface area contributed by atoms with Gasteiger partial charge in [0.25, 0.3) is 0 Å². The van der Waals surface area contributed by atoms with Gasteiger partial charge in [0.15, 0.2) is 0 Å². The van der Waals surface area contributed by atoms with Crippen LogP contribution in [0.15, 0.2) is 54.6 Å². The summed E-state index contributed by atoms with van der Waals surface area (Å²) in [6, 6.07) is 17.5. The first-order valence-corrected chi connectivity index (χ1v) is 11.3. The SMILES string of the molecule is CC(NC(=O)C1CCN(C(=O)N2CCCC2)CC1)c1ccc(Oc2ccccc2)cc1. The Bertz CT molecular complexity index is 871. The van der Waals surface area contributed by atoms with Crippen molar-refractivity contribution < 1.29 is 14.3 Å². The summed E-state index contributed by atoms with van der Waals surface area (Å²) in [4.78, 5) is 29.1. The topological polar surface area (TPSA) is 61.9 Å². The zero-order valence-electron chi connectivity index (χ0n) is 18.1. The largest absolute Gasteiger partial charge is 0.457 e. The van der Waals surface area contributed by atoms with Gasteiger partial charge >= 0.3 is 6.03 Å². The van der Waals surface area contributed by atoms with Crippen LogP contribution in [0.25, 0.3) is 0 Å². The molecular weight excluding hydrogens is 390 g/mol. The predicted octanol–water partition coefficient (Wildman–Crippen LogP) is 4.58. The van der Waals surface area contributed by atoms with Crippen molar-refractivity contribution in [2.45, 2.75) is 38.6 Å². The molecule has 4 rings (SSSR count). The number of nitrogens with one attached hydrogen (secondary N) is 1. The van der Waals surface area contributed by atoms with Gasteiger partial charge in [-0.2, -0.15) is 0 Å². The molecule has 2 heterocycles. The molecule has 1 atom stereocenters. The first-order valence-electron chi connectivity index (χ1n) is 11.3. The van der Waals surface area contributed by atoms with E-state index in [1.54, 1.807) is 0 Å². The van der Waals surface area contributed by atoms with Crippen molar-refractivity contribution in [2.24, 2.45) is 5.92 Å². The van der Waals surface area contributed by atoms with Crippen molar-refractivity contribution in [1.82, 2.24) is 15.1 Å². The van der Waals surface area contributed by atoms with Crippen LogP contribution in [0.3, 0.4) is 0 Å². The van der Waals surface area contributed by atoms with Crippen LogP contribution >= 0.6 is 0 Å². The van der Waals surface area contributed by atoms with E-state index >= 15 is 0 Å². The molecule has 6 nitrogen and oxygen atoms in total. The number of hydrogen-bond acceptors (Lipinski definition) is 3. The van der Waals surface area contributed by atoms with Crippen LogP contribution in [-0.2, 0) is 4.79 Å². The Hall–Kier alpha value is -3.02. The second-order valence-corrected chi connectivity index (χ2v) is 8.45. The second-order valence-electron chi connectivity index (χ2n) is 8.45. The Morgan fingerprint density at radius 1 is 0.871 bits per heavy atom. The molecule has 0 saturated carbocycles. The molecule has 2 aromatic rings. The Morgan fingerprint density at radius 2 is 1.45 bits per heavy atom. The molecule has 6 heteroatoms. The molecular formula is C25H31N3O3. The quantitative estimate of drug-likeness (QED) is 0.768. The summed E-state index contributed by atoms with van der Waals surface area (Å²) in [5.74, 6) is 1.60. The molecule has 1 unspecified atom stereocenters. The highest BCUT2D eigenvalue weighted by Gasteiger charge is 2.30. The van der Waals surface area contributed by atoms with Gasteiger partial charge in [-0.25, -0.2) is 4.79 Å². The minimum atomic E-state index is -0.0810. The van der Waals surface area contributed by atoms with Gasteiger partial charge in [0.2, 0.25) is 5.91 Å². The number of urea groups is 1. The number of hydrogen-bond donors (Lipinski definition) is 1. The number of rotatable bonds is 5. The van der Waals surface area contributed by atoms with Gasteiger partial charge < -0.3 is 19.9 Å². The van der Waals surface area contributed by atoms with E-state index in [4.69, 9.17) is 4.74 Å². The maximum atomic E-state index is 12.8. The highest BCUT2D eigenvalue weighted by molar-refractivity contribution is 5.80. The third kappa shape index (κ3) is 5.37. The normalized spacial score (nSPS) is 18.0. The van der Waals surface area contributed by atoms with Gasteiger partial charge in [0.1, 0.15) is 11.5 Å². The van der Waals surface area contributed by atoms with Gasteiger partial charge in [-0.3, -0.25) is 4.79 Å². The van der Waals surface area contributed by atoms with Gasteiger partial charge in [-0.1, -0.05) is 30.3 Å². The van der Waals surface area contributed by atoms with Crippen molar-refractivity contribution in [3.8, 4) is 11.5 Å². The zero-order valence-corrected chi connectivity index (χ0v) is 18.1. The predicted molar refractivity (Wildman–Crippen MR) is 120 cm³/mol. The Morgan fingerprint density at radius 3 is 2.10 bits per heavy atom. The maximum Gasteiger partial charge on any atom is 0.319 e. The van der Waals surface area contributed by atoms with E-state index in [-0.39, 0.29) is 23.9 Å². The molecule has 1 N–H and O–H groups in total. The minimum absolute atomic E-state index is 0.0363. The van der Waals surface area contributed by atoms with E-state index in [0.717, 1.165) is 55.8 Å². The Balaban J connectivity index is 1.25. The number of amides is 3. The third-order valence-electron chi connectivity index (χ3n) is 6.23. The van der Waals surface area contributed by atoms with E-state index in [2.05, 4.69) is 5.32 Å². The van der Waals surface area contributed by atoms with Crippen LogP contribution in [0.4, 0.5) is 4.79 Å². The number of nitrogens with zero attached hydrogens (tertiary/aromatic N) is 2. The van der Waals surface area contributed by atoms with Gasteiger partial charge in [0.05, 0.1) is 6.04 Å². The van der Waals surface area contributed by atoms with Crippen molar-refractivity contribution in [3.05, 3.63) is 60.2 Å². The van der Waals surface area contributed by atoms with E-state index in [1.165, 1.54) is 0 Å². The highest BCUT2D eigenvalue weighted by atomic mass is 16.5. The van der Waals surface area contributed by atoms with Gasteiger partial charge in [0, 0.05) is 32.1 Å². The maximum absolute atomic E-state index is 12.8. The summed E-state index contributed by atoms with van der Waals surface area (Å²) in [6.45, 7) is 5.05. The van der Waals surface area contributed by atoms with Crippen LogP contribution in [0.2, 0.25) is 0 Å². The fourth-order valence-corrected chi connectivity index (χ4v) is 4.31. The van der Waals surface area contributed by atoms with Crippen molar-refractivity contribution >= 4 is 11.9 Å². The molecule has 2 aliphatic rings. The first kappa shape index (κ1) is 21.2. The molecule has 2 fully saturated rings. The molecule has 0 radical (unpaired) electrons. The molecule has 2 aromatic carbocycles. The molecule has 0 spiro atoms. The highest BCUT2D eigenvalue weighted by Crippen LogP contribution is 2.25. The number of carbonyl (C=O) groups is 2. The Labute approximate surface area is 184 Å². The molecule has 2 aliphatic heterocycles. The van der Waals surface area contributed by atoms with E-state index in [1.807, 2.05) is 71.3 Å². The Kier molecular flexibility index (Phi) is 6.75. The number of benzene rings is 2. The second kappa shape index (κ2) is 9.86. The summed E-state index contributed by atoms with van der Waals surface area (Å²) in [5.41, 5.74) is 1.04. The lowest BCUT2D eigenvalue weighted by atomic mass is 9.95. The minimum Gasteiger partial charge on any atom is -0.457 e. The lowest BCUT2D eigenvalue weighted by molar-refractivity contribution is -0.126. The van der Waals surface area contributed by atoms with Crippen LogP contribution in [0.5, 0.6) is 11.5 Å². The van der Waals surface area contributed by atoms with Crippen LogP contribution in [-0.4, -0.2) is 47.9 Å². The first-order chi connectivity index (χ1) is 15.1. The molecule has 0 aliphatic carbocycles. The van der Waals surface area contributed by atoms with Crippen molar-refractivity contribution in [2.75, 3.05) is 26.2 Å². The van der Waals surface area contributed by atoms with Crippen LogP contribution in [0, 0.1) is 5.92 Å². The van der Waals surface area contributed by atoms with Gasteiger partial charge in [-0.05, 0) is 62.4 Å². The molecule has 164 valence electrons. The number of ether oxygens (including phenoxy) is 1. The lowest BCUT2D eigenvalue weighted by Crippen LogP contribution is -2.47. The molecule has 2 saturated heterocycles. The monoisotopic (exact) mass is 421 g/mol. The molecule has 0 bridgehead atoms. The van der Waals surface area contributed by atoms with Gasteiger partial charge in [-0.15, -0.1) is 0 Å². The third-order valence-corrected chi connectivity index (χ3v) is 6.23. The van der Waals surface area contributed by atoms with Crippen LogP contribution < -0.4 is 10.1 Å². The summed E-state index contributed by atoms with van der Waals surface area (Å²) < 4.78 is 5.83. The van der Waals surface area contributed by atoms with Crippen molar-refractivity contribution in [1.29, 1.82) is 0 Å². The average molecular weight is 422 g/mol. The summed E-state index contributed by atoms with van der Waals surface area (Å²) in [6.07, 6.45) is 3.65. The summed E-state index contributed by atoms with van der Waals surface area (Å²) in [5, 5.41) is 3.14. The van der Waals surface area contributed by atoms with E-state index in [9.17, 15) is 9.59 Å². The smallest absolute Gasteiger partial charge is 0.319 e. The fourth-order valence-electron chi connectivity index (χ4n) is 4.31. The van der Waals surface area contributed by atoms with E-state index < -0.39 is 0 Å². The number of piperidine rings is 1. The zero-order chi connectivity index (χ0) is 21.6. The lowest BCUT2D eigenvalue weighted by Gasteiger charge is -2.34. The number of likely N-dealkylation sites (tertiary alicyclic amines) is 2. The van der Waals surface area contributed by atoms with Crippen molar-refractivity contribution in [3.63, 3.8) is 0 Å². The fraction of sp³-hybridized carbons (Fsp3) is 0.440. The molecule has 31 heavy (non-hydrogen) atoms. The summed E-state index contributed by atoms with van der Waals surface area (Å²) >= 11 is 0. The average Bonchev–Trinajstić information content (AvgIpc) is 3.35. The standard InChI is InChI=1S/C25H31N3O3/c1-19(20-9-11-23(12-10-20)31-22-7-3-2-4-8-22)26-24(29)21-13-17-28(18-14-21)25(30)27-15-5-6-16-27/h2-4,7-12,19,21H,5-6,13-18H2,1H3,(H,26,29). The summed E-state index contributed by atoms with van der Waals surface area (Å²) in [7, 11) is 0.